The number of aryl methyl sites for hydroxylation is 1. The Balaban J connectivity index is 1.74. The van der Waals surface area contributed by atoms with Crippen LogP contribution in [-0.4, -0.2) is 23.6 Å². The number of ether oxygens (including phenoxy) is 1. The molecule has 2 aromatic heterocycles. The van der Waals surface area contributed by atoms with Crippen molar-refractivity contribution in [2.24, 2.45) is 0 Å². The highest BCUT2D eigenvalue weighted by molar-refractivity contribution is 7.80. The lowest BCUT2D eigenvalue weighted by molar-refractivity contribution is -0.118. The lowest BCUT2D eigenvalue weighted by Gasteiger charge is -2.10. The number of nitrogens with one attached hydrogen (secondary N) is 2. The third-order valence-electron chi connectivity index (χ3n) is 4.30. The Bertz CT molecular complexity index is 828. The molecule has 2 aromatic rings. The zero-order chi connectivity index (χ0) is 19.2. The normalized spacial score (nSPS) is 13.4. The first-order valence-corrected chi connectivity index (χ1v) is 11.1. The van der Waals surface area contributed by atoms with Crippen LogP contribution in [0.1, 0.15) is 51.9 Å². The molecule has 0 fully saturated rings. The summed E-state index contributed by atoms with van der Waals surface area (Å²) >= 11 is 8.37. The molecular formula is C19H22N2O3S3. The SMILES string of the molecule is CCOC(=O)c1c(NC(=S)NC(=O)Cc2cccs2)sc2c1CCCCC2. The molecule has 0 saturated carbocycles. The first-order chi connectivity index (χ1) is 13.1. The number of anilines is 1. The maximum atomic E-state index is 12.5. The van der Waals surface area contributed by atoms with Gasteiger partial charge in [-0.1, -0.05) is 12.5 Å². The zero-order valence-corrected chi connectivity index (χ0v) is 17.6. The molecule has 0 saturated heterocycles. The third kappa shape index (κ3) is 5.15. The van der Waals surface area contributed by atoms with Gasteiger partial charge in [-0.15, -0.1) is 22.7 Å². The molecule has 144 valence electrons. The maximum Gasteiger partial charge on any atom is 0.341 e. The van der Waals surface area contributed by atoms with Gasteiger partial charge in [0.25, 0.3) is 0 Å². The van der Waals surface area contributed by atoms with Gasteiger partial charge in [-0.3, -0.25) is 4.79 Å². The van der Waals surface area contributed by atoms with Crippen LogP contribution >= 0.6 is 34.9 Å². The molecule has 0 radical (unpaired) electrons. The van der Waals surface area contributed by atoms with Gasteiger partial charge in [0.1, 0.15) is 5.00 Å². The second-order valence-corrected chi connectivity index (χ2v) is 8.79. The van der Waals surface area contributed by atoms with Crippen LogP contribution in [0.25, 0.3) is 0 Å². The lowest BCUT2D eigenvalue weighted by Crippen LogP contribution is -2.35. The van der Waals surface area contributed by atoms with E-state index in [-0.39, 0.29) is 23.4 Å². The van der Waals surface area contributed by atoms with Gasteiger partial charge >= 0.3 is 5.97 Å². The second kappa shape index (κ2) is 9.43. The quantitative estimate of drug-likeness (QED) is 0.427. The zero-order valence-electron chi connectivity index (χ0n) is 15.1. The van der Waals surface area contributed by atoms with Crippen molar-refractivity contribution in [1.82, 2.24) is 5.32 Å². The van der Waals surface area contributed by atoms with Gasteiger partial charge in [0, 0.05) is 9.75 Å². The van der Waals surface area contributed by atoms with Gasteiger partial charge in [-0.25, -0.2) is 4.79 Å². The largest absolute Gasteiger partial charge is 0.462 e. The molecule has 0 aromatic carbocycles. The van der Waals surface area contributed by atoms with Crippen LogP contribution in [0.5, 0.6) is 0 Å². The molecule has 3 rings (SSSR count). The van der Waals surface area contributed by atoms with Crippen molar-refractivity contribution in [3.8, 4) is 0 Å². The van der Waals surface area contributed by atoms with Crippen LogP contribution in [0.4, 0.5) is 5.00 Å². The van der Waals surface area contributed by atoms with Crippen LogP contribution in [0.2, 0.25) is 0 Å². The fourth-order valence-electron chi connectivity index (χ4n) is 3.13. The monoisotopic (exact) mass is 422 g/mol. The first kappa shape index (κ1) is 20.0. The Hall–Kier alpha value is -1.77. The van der Waals surface area contributed by atoms with Crippen molar-refractivity contribution >= 4 is 56.9 Å². The second-order valence-electron chi connectivity index (χ2n) is 6.25. The molecule has 5 nitrogen and oxygen atoms in total. The molecular weight excluding hydrogens is 400 g/mol. The maximum absolute atomic E-state index is 12.5. The minimum Gasteiger partial charge on any atom is -0.462 e. The molecule has 1 amide bonds. The minimum atomic E-state index is -0.327. The summed E-state index contributed by atoms with van der Waals surface area (Å²) in [5.74, 6) is -0.502. The molecule has 2 N–H and O–H groups in total. The van der Waals surface area contributed by atoms with E-state index in [1.165, 1.54) is 22.6 Å². The molecule has 1 aliphatic rings. The lowest BCUT2D eigenvalue weighted by atomic mass is 10.1. The topological polar surface area (TPSA) is 67.4 Å². The molecule has 2 heterocycles. The molecule has 0 bridgehead atoms. The van der Waals surface area contributed by atoms with E-state index in [9.17, 15) is 9.59 Å². The Labute approximate surface area is 172 Å². The molecule has 0 spiro atoms. The van der Waals surface area contributed by atoms with Crippen LogP contribution in [0.15, 0.2) is 17.5 Å². The fraction of sp³-hybridized carbons (Fsp3) is 0.421. The highest BCUT2D eigenvalue weighted by atomic mass is 32.1. The Morgan fingerprint density at radius 1 is 1.26 bits per heavy atom. The highest BCUT2D eigenvalue weighted by Gasteiger charge is 2.26. The highest BCUT2D eigenvalue weighted by Crippen LogP contribution is 2.38. The third-order valence-corrected chi connectivity index (χ3v) is 6.58. The number of hydrogen-bond acceptors (Lipinski definition) is 6. The summed E-state index contributed by atoms with van der Waals surface area (Å²) in [6, 6.07) is 3.82. The van der Waals surface area contributed by atoms with Crippen molar-refractivity contribution < 1.29 is 14.3 Å². The number of thiophene rings is 2. The summed E-state index contributed by atoms with van der Waals surface area (Å²) in [5, 5.41) is 8.57. The average Bonchev–Trinajstić information content (AvgIpc) is 3.17. The van der Waals surface area contributed by atoms with Gasteiger partial charge in [0.2, 0.25) is 5.91 Å². The van der Waals surface area contributed by atoms with Gasteiger partial charge in [-0.2, -0.15) is 0 Å². The van der Waals surface area contributed by atoms with Crippen LogP contribution in [0, 0.1) is 0 Å². The predicted octanol–water partition coefficient (Wildman–Crippen LogP) is 4.31. The number of carbonyl (C=O) groups excluding carboxylic acids is 2. The summed E-state index contributed by atoms with van der Waals surface area (Å²) in [4.78, 5) is 26.9. The van der Waals surface area contributed by atoms with E-state index in [2.05, 4.69) is 10.6 Å². The standard InChI is InChI=1S/C19H22N2O3S3/c1-2-24-18(23)16-13-8-4-3-5-9-14(13)27-17(16)21-19(25)20-15(22)11-12-7-6-10-26-12/h6-7,10H,2-5,8-9,11H2,1H3,(H2,20,21,22,25). The van der Waals surface area contributed by atoms with Crippen LogP contribution in [-0.2, 0) is 28.8 Å². The molecule has 0 unspecified atom stereocenters. The van der Waals surface area contributed by atoms with E-state index in [0.717, 1.165) is 36.1 Å². The summed E-state index contributed by atoms with van der Waals surface area (Å²) in [6.45, 7) is 2.12. The summed E-state index contributed by atoms with van der Waals surface area (Å²) < 4.78 is 5.27. The number of amides is 1. The molecule has 0 aliphatic heterocycles. The van der Waals surface area contributed by atoms with Crippen molar-refractivity contribution in [2.45, 2.75) is 45.4 Å². The van der Waals surface area contributed by atoms with E-state index in [1.54, 1.807) is 18.3 Å². The van der Waals surface area contributed by atoms with Gasteiger partial charge in [-0.05, 0) is 61.8 Å². The van der Waals surface area contributed by atoms with E-state index in [4.69, 9.17) is 17.0 Å². The number of thiocarbonyl (C=S) groups is 1. The van der Waals surface area contributed by atoms with Crippen LogP contribution in [0.3, 0.4) is 0 Å². The smallest absolute Gasteiger partial charge is 0.341 e. The minimum absolute atomic E-state index is 0.175. The number of hydrogen-bond donors (Lipinski definition) is 2. The Kier molecular flexibility index (Phi) is 6.98. The van der Waals surface area contributed by atoms with E-state index in [1.807, 2.05) is 17.5 Å². The van der Waals surface area contributed by atoms with E-state index >= 15 is 0 Å². The number of fused-ring (bicyclic) bond motifs is 1. The summed E-state index contributed by atoms with van der Waals surface area (Å²) in [7, 11) is 0. The van der Waals surface area contributed by atoms with Gasteiger partial charge in [0.15, 0.2) is 5.11 Å². The van der Waals surface area contributed by atoms with Crippen molar-refractivity contribution in [3.63, 3.8) is 0 Å². The molecule has 8 heteroatoms. The Morgan fingerprint density at radius 3 is 2.81 bits per heavy atom. The summed E-state index contributed by atoms with van der Waals surface area (Å²) in [5.41, 5.74) is 1.65. The number of rotatable bonds is 5. The van der Waals surface area contributed by atoms with Crippen molar-refractivity contribution in [2.75, 3.05) is 11.9 Å². The number of carbonyl (C=O) groups is 2. The van der Waals surface area contributed by atoms with E-state index < -0.39 is 0 Å². The predicted molar refractivity (Wildman–Crippen MR) is 114 cm³/mol. The fourth-order valence-corrected chi connectivity index (χ4v) is 5.39. The van der Waals surface area contributed by atoms with Crippen LogP contribution < -0.4 is 10.6 Å². The van der Waals surface area contributed by atoms with E-state index in [0.29, 0.717) is 17.2 Å². The summed E-state index contributed by atoms with van der Waals surface area (Å²) in [6.07, 6.45) is 5.48. The number of esters is 1. The average molecular weight is 423 g/mol. The Morgan fingerprint density at radius 2 is 2.07 bits per heavy atom. The molecule has 27 heavy (non-hydrogen) atoms. The van der Waals surface area contributed by atoms with Gasteiger partial charge < -0.3 is 15.4 Å². The first-order valence-electron chi connectivity index (χ1n) is 9.03. The molecule has 0 atom stereocenters. The van der Waals surface area contributed by atoms with Crippen molar-refractivity contribution in [3.05, 3.63) is 38.4 Å². The van der Waals surface area contributed by atoms with Gasteiger partial charge in [0.05, 0.1) is 18.6 Å². The molecule has 1 aliphatic carbocycles. The van der Waals surface area contributed by atoms with Crippen molar-refractivity contribution in [1.29, 1.82) is 0 Å².